The van der Waals surface area contributed by atoms with Crippen molar-refractivity contribution in [2.45, 2.75) is 58.3 Å². The van der Waals surface area contributed by atoms with Gasteiger partial charge in [0, 0.05) is 52.4 Å². The van der Waals surface area contributed by atoms with Gasteiger partial charge in [0.2, 0.25) is 5.91 Å². The number of hydrogen-bond donors (Lipinski definition) is 3. The summed E-state index contributed by atoms with van der Waals surface area (Å²) in [5.41, 5.74) is 18.1. The molecular formula is C43H57N11O6. The molecule has 0 bridgehead atoms. The van der Waals surface area contributed by atoms with Crippen LogP contribution in [0.25, 0.3) is 0 Å². The fraction of sp³-hybridized carbons (Fsp3) is 0.488. The predicted molar refractivity (Wildman–Crippen MR) is 229 cm³/mol. The van der Waals surface area contributed by atoms with E-state index < -0.39 is 0 Å². The van der Waals surface area contributed by atoms with E-state index in [9.17, 15) is 9.59 Å². The van der Waals surface area contributed by atoms with E-state index in [1.54, 1.807) is 14.2 Å². The number of hydrogen-bond acceptors (Lipinski definition) is 16. The Morgan fingerprint density at radius 2 is 1.10 bits per heavy atom. The van der Waals surface area contributed by atoms with Crippen molar-refractivity contribution in [2.24, 2.45) is 0 Å². The minimum atomic E-state index is -0.140. The van der Waals surface area contributed by atoms with Gasteiger partial charge in [-0.1, -0.05) is 48.5 Å². The molecule has 320 valence electrons. The Labute approximate surface area is 351 Å². The number of aromatic nitrogens is 4. The van der Waals surface area contributed by atoms with E-state index in [1.807, 2.05) is 9.80 Å². The molecule has 0 spiro atoms. The molecule has 0 unspecified atom stereocenters. The van der Waals surface area contributed by atoms with E-state index in [0.717, 1.165) is 37.3 Å². The molecule has 6 heterocycles. The number of benzene rings is 2. The van der Waals surface area contributed by atoms with Crippen LogP contribution in [-0.4, -0.2) is 121 Å². The highest BCUT2D eigenvalue weighted by atomic mass is 16.5. The summed E-state index contributed by atoms with van der Waals surface area (Å²) < 4.78 is 21.1. The van der Waals surface area contributed by atoms with Crippen LogP contribution < -0.4 is 36.1 Å². The highest BCUT2D eigenvalue weighted by Gasteiger charge is 2.29. The fourth-order valence-corrected chi connectivity index (χ4v) is 7.98. The maximum absolute atomic E-state index is 12.4. The van der Waals surface area contributed by atoms with Gasteiger partial charge in [-0.25, -0.2) is 0 Å². The van der Waals surface area contributed by atoms with Crippen molar-refractivity contribution in [3.63, 3.8) is 0 Å². The molecule has 0 aliphatic carbocycles. The Bertz CT molecular complexity index is 1950. The van der Waals surface area contributed by atoms with Crippen LogP contribution in [0.4, 0.5) is 29.0 Å². The van der Waals surface area contributed by atoms with Crippen molar-refractivity contribution < 1.29 is 28.5 Å². The zero-order valence-electron chi connectivity index (χ0n) is 34.7. The van der Waals surface area contributed by atoms with Gasteiger partial charge in [0.15, 0.2) is 17.4 Å². The van der Waals surface area contributed by atoms with Crippen LogP contribution in [0, 0.1) is 0 Å². The normalized spacial score (nSPS) is 16.6. The second-order valence-corrected chi connectivity index (χ2v) is 15.5. The second kappa shape index (κ2) is 20.6. The van der Waals surface area contributed by atoms with Crippen LogP contribution >= 0.6 is 0 Å². The second-order valence-electron chi connectivity index (χ2n) is 15.5. The third kappa shape index (κ3) is 11.3. The Kier molecular flexibility index (Phi) is 14.6. The highest BCUT2D eigenvalue weighted by Crippen LogP contribution is 2.35. The van der Waals surface area contributed by atoms with Gasteiger partial charge in [-0.2, -0.15) is 19.9 Å². The number of carbonyl (C=O) groups excluding carboxylic acids is 2. The number of fused-ring (bicyclic) bond motifs is 2. The lowest BCUT2D eigenvalue weighted by atomic mass is 10.0. The highest BCUT2D eigenvalue weighted by molar-refractivity contribution is 6.03. The maximum atomic E-state index is 12.4. The monoisotopic (exact) mass is 823 g/mol. The van der Waals surface area contributed by atoms with E-state index in [-0.39, 0.29) is 42.5 Å². The van der Waals surface area contributed by atoms with Crippen LogP contribution in [0.5, 0.6) is 12.0 Å². The molecule has 2 saturated heterocycles. The summed E-state index contributed by atoms with van der Waals surface area (Å²) in [7, 11) is 3.21. The summed E-state index contributed by atoms with van der Waals surface area (Å²) in [6.07, 6.45) is 5.36. The molecule has 4 aliphatic heterocycles. The van der Waals surface area contributed by atoms with E-state index in [2.05, 4.69) is 83.6 Å². The number of nitrogens with two attached hydrogens (primary N) is 2. The van der Waals surface area contributed by atoms with E-state index in [4.69, 9.17) is 30.4 Å². The first-order valence-electron chi connectivity index (χ1n) is 20.7. The quantitative estimate of drug-likeness (QED) is 0.139. The number of amides is 1. The number of carbonyl (C=O) groups is 2. The van der Waals surface area contributed by atoms with Crippen LogP contribution in [0.1, 0.15) is 53.5 Å². The molecule has 0 saturated carbocycles. The number of nitrogens with one attached hydrogen (secondary N) is 1. The third-order valence-corrected chi connectivity index (χ3v) is 10.8. The summed E-state index contributed by atoms with van der Waals surface area (Å²) in [6, 6.07) is 17.4. The minimum absolute atomic E-state index is 0.110. The smallest absolute Gasteiger partial charge is 0.320 e. The average molecular weight is 824 g/mol. The topological polar surface area (TPSA) is 200 Å². The van der Waals surface area contributed by atoms with Gasteiger partial charge in [0.05, 0.1) is 26.3 Å². The number of Topliss-reactive ketones (excluding diaryl/α,β-unsaturated/α-hetero) is 1. The first kappa shape index (κ1) is 42.5. The molecule has 8 rings (SSSR count). The molecule has 17 heteroatoms. The molecule has 1 amide bonds. The van der Waals surface area contributed by atoms with Crippen molar-refractivity contribution >= 4 is 40.6 Å². The number of ether oxygens (including phenoxy) is 4. The van der Waals surface area contributed by atoms with Crippen molar-refractivity contribution in [3.8, 4) is 12.0 Å². The molecule has 60 heavy (non-hydrogen) atoms. The Morgan fingerprint density at radius 1 is 0.617 bits per heavy atom. The molecule has 2 aromatic carbocycles. The van der Waals surface area contributed by atoms with Gasteiger partial charge in [-0.15, -0.1) is 0 Å². The maximum Gasteiger partial charge on any atom is 0.320 e. The fourth-order valence-electron chi connectivity index (χ4n) is 7.98. The number of nitrogen functional groups attached to an aromatic ring is 2. The van der Waals surface area contributed by atoms with Gasteiger partial charge in [-0.3, -0.25) is 19.4 Å². The van der Waals surface area contributed by atoms with Crippen molar-refractivity contribution in [1.29, 1.82) is 0 Å². The largest absolute Gasteiger partial charge is 0.461 e. The lowest BCUT2D eigenvalue weighted by Gasteiger charge is -2.30. The molecule has 17 nitrogen and oxygen atoms in total. The lowest BCUT2D eigenvalue weighted by molar-refractivity contribution is -0.117. The van der Waals surface area contributed by atoms with Crippen LogP contribution in [0.15, 0.2) is 48.5 Å². The zero-order chi connectivity index (χ0) is 41.8. The van der Waals surface area contributed by atoms with Crippen LogP contribution in [-0.2, 0) is 51.7 Å². The van der Waals surface area contributed by atoms with Crippen LogP contribution in [0.2, 0.25) is 0 Å². The SMILES string of the molecule is COCCOc1nc(N)c2c(n1)N(Cc1cccc(CN3CCCC3)c1)CC(=O)C2.COCCOc1nc(N)c2c(n1)N(Cc1cccc(CN3CCCC3)c1)CC(=O)N2. The number of nitrogens with zero attached hydrogens (tertiary/aromatic N) is 8. The number of anilines is 5. The Morgan fingerprint density at radius 3 is 1.63 bits per heavy atom. The number of likely N-dealkylation sites (tertiary alicyclic amines) is 2. The summed E-state index contributed by atoms with van der Waals surface area (Å²) in [6.45, 7) is 9.71. The first-order valence-corrected chi connectivity index (χ1v) is 20.7. The van der Waals surface area contributed by atoms with Crippen LogP contribution in [0.3, 0.4) is 0 Å². The Hall–Kier alpha value is -5.62. The molecule has 5 N–H and O–H groups in total. The first-order chi connectivity index (χ1) is 29.2. The van der Waals surface area contributed by atoms with E-state index >= 15 is 0 Å². The molecule has 0 radical (unpaired) electrons. The van der Waals surface area contributed by atoms with Gasteiger partial charge >= 0.3 is 12.0 Å². The van der Waals surface area contributed by atoms with Gasteiger partial charge in [-0.05, 0) is 74.1 Å². The molecular weight excluding hydrogens is 767 g/mol. The molecule has 4 aliphatic rings. The van der Waals surface area contributed by atoms with Gasteiger partial charge < -0.3 is 45.5 Å². The number of ketones is 1. The Balaban J connectivity index is 0.000000181. The molecule has 2 fully saturated rings. The molecule has 0 atom stereocenters. The summed E-state index contributed by atoms with van der Waals surface area (Å²) in [5.74, 6) is 1.71. The van der Waals surface area contributed by atoms with Crippen molar-refractivity contribution in [1.82, 2.24) is 29.7 Å². The van der Waals surface area contributed by atoms with E-state index in [1.165, 1.54) is 49.9 Å². The summed E-state index contributed by atoms with van der Waals surface area (Å²) in [4.78, 5) is 50.9. The van der Waals surface area contributed by atoms with Crippen molar-refractivity contribution in [2.75, 3.05) is 106 Å². The minimum Gasteiger partial charge on any atom is -0.461 e. The lowest BCUT2D eigenvalue weighted by Crippen LogP contribution is -2.39. The summed E-state index contributed by atoms with van der Waals surface area (Å²) in [5, 5.41) is 2.78. The molecule has 4 aromatic rings. The predicted octanol–water partition coefficient (Wildman–Crippen LogP) is 3.45. The van der Waals surface area contributed by atoms with Gasteiger partial charge in [0.25, 0.3) is 0 Å². The summed E-state index contributed by atoms with van der Waals surface area (Å²) >= 11 is 0. The molecule has 2 aromatic heterocycles. The zero-order valence-corrected chi connectivity index (χ0v) is 34.7. The van der Waals surface area contributed by atoms with Crippen molar-refractivity contribution in [3.05, 3.63) is 76.3 Å². The average Bonchev–Trinajstić information content (AvgIpc) is 3.95. The standard InChI is InChI=1S/C22H29N5O3.C21H28N6O3/c1-29-9-10-30-22-24-20(23)19-12-18(28)15-27(21(19)25-22)14-17-6-4-5-16(11-17)13-26-7-2-3-8-26;1-29-9-10-30-21-24-19(22)18-20(25-21)27(14-17(28)23-18)13-16-6-4-5-15(11-16)12-26-7-2-3-8-26/h4-6,11H,2-3,7-10,12-15H2,1H3,(H2,23,24,25);4-6,11H,2-3,7-10,12-14H2,1H3,(H,23,28)(H2,22,24,25). The van der Waals surface area contributed by atoms with Gasteiger partial charge in [0.1, 0.15) is 30.5 Å². The number of methoxy groups -OCH3 is 2. The number of rotatable bonds is 16. The third-order valence-electron chi connectivity index (χ3n) is 10.8. The van der Waals surface area contributed by atoms with E-state index in [0.29, 0.717) is 74.8 Å².